The lowest BCUT2D eigenvalue weighted by Gasteiger charge is -2.16. The van der Waals surface area contributed by atoms with Gasteiger partial charge in [-0.05, 0) is 26.5 Å². The highest BCUT2D eigenvalue weighted by molar-refractivity contribution is 5.35. The van der Waals surface area contributed by atoms with E-state index in [1.54, 1.807) is 0 Å². The summed E-state index contributed by atoms with van der Waals surface area (Å²) in [6.07, 6.45) is 3.97. The Balaban J connectivity index is 2.41. The van der Waals surface area contributed by atoms with Crippen LogP contribution < -0.4 is 5.32 Å². The molecule has 1 heterocycles. The van der Waals surface area contributed by atoms with Crippen LogP contribution in [0.4, 0.5) is 0 Å². The van der Waals surface area contributed by atoms with Crippen molar-refractivity contribution in [1.82, 2.24) is 15.1 Å². The van der Waals surface area contributed by atoms with Gasteiger partial charge in [-0.2, -0.15) is 5.10 Å². The molecule has 0 bridgehead atoms. The molecule has 17 heavy (non-hydrogen) atoms. The normalized spacial score (nSPS) is 12.7. The van der Waals surface area contributed by atoms with Gasteiger partial charge in [0.25, 0.3) is 0 Å². The Bertz CT molecular complexity index is 494. The molecule has 0 fully saturated rings. The van der Waals surface area contributed by atoms with Crippen LogP contribution in [-0.4, -0.2) is 16.8 Å². The fraction of sp³-hybridized carbons (Fsp3) is 0.357. The predicted molar refractivity (Wildman–Crippen MR) is 70.0 cm³/mol. The van der Waals surface area contributed by atoms with Crippen molar-refractivity contribution in [1.29, 1.82) is 0 Å². The minimum Gasteiger partial charge on any atom is -0.309 e. The molecular weight excluding hydrogens is 210 g/mol. The largest absolute Gasteiger partial charge is 0.309 e. The molecule has 2 rings (SSSR count). The maximum absolute atomic E-state index is 4.23. The molecule has 0 aliphatic rings. The number of aryl methyl sites for hydroxylation is 3. The lowest BCUT2D eigenvalue weighted by molar-refractivity contribution is 0.688. The van der Waals surface area contributed by atoms with Gasteiger partial charge in [0.15, 0.2) is 0 Å². The van der Waals surface area contributed by atoms with Crippen molar-refractivity contribution >= 4 is 0 Å². The van der Waals surface area contributed by atoms with Gasteiger partial charge in [0.05, 0.1) is 12.2 Å². The minimum absolute atomic E-state index is 0.210. The van der Waals surface area contributed by atoms with Gasteiger partial charge in [-0.3, -0.25) is 4.68 Å². The molecule has 1 unspecified atom stereocenters. The second-order valence-corrected chi connectivity index (χ2v) is 4.59. The zero-order chi connectivity index (χ0) is 12.4. The molecule has 0 amide bonds. The van der Waals surface area contributed by atoms with Gasteiger partial charge in [-0.1, -0.05) is 29.3 Å². The first-order chi connectivity index (χ1) is 8.10. The van der Waals surface area contributed by atoms with Crippen molar-refractivity contribution in [2.45, 2.75) is 19.9 Å². The average Bonchev–Trinajstić information content (AvgIpc) is 2.64. The summed E-state index contributed by atoms with van der Waals surface area (Å²) in [4.78, 5) is 0. The number of nitrogens with zero attached hydrogens (tertiary/aromatic N) is 2. The summed E-state index contributed by atoms with van der Waals surface area (Å²) < 4.78 is 1.84. The molecule has 1 atom stereocenters. The van der Waals surface area contributed by atoms with Gasteiger partial charge in [0.2, 0.25) is 0 Å². The Labute approximate surface area is 102 Å². The topological polar surface area (TPSA) is 29.9 Å². The Morgan fingerprint density at radius 3 is 2.24 bits per heavy atom. The molecule has 90 valence electrons. The summed E-state index contributed by atoms with van der Waals surface area (Å²) in [6, 6.07) is 6.85. The van der Waals surface area contributed by atoms with Gasteiger partial charge < -0.3 is 5.32 Å². The minimum atomic E-state index is 0.210. The summed E-state index contributed by atoms with van der Waals surface area (Å²) in [5.74, 6) is 0. The number of rotatable bonds is 3. The highest BCUT2D eigenvalue weighted by atomic mass is 15.2. The smallest absolute Gasteiger partial charge is 0.0605 e. The van der Waals surface area contributed by atoms with Crippen LogP contribution >= 0.6 is 0 Å². The van der Waals surface area contributed by atoms with Crippen molar-refractivity contribution in [3.05, 3.63) is 52.8 Å². The third kappa shape index (κ3) is 2.56. The van der Waals surface area contributed by atoms with Crippen LogP contribution in [0.15, 0.2) is 30.6 Å². The summed E-state index contributed by atoms with van der Waals surface area (Å²) in [6.45, 7) is 4.26. The number of nitrogens with one attached hydrogen (secondary N) is 1. The van der Waals surface area contributed by atoms with Gasteiger partial charge in [-0.25, -0.2) is 0 Å². The first kappa shape index (κ1) is 11.9. The fourth-order valence-corrected chi connectivity index (χ4v) is 2.29. The molecule has 3 nitrogen and oxygen atoms in total. The van der Waals surface area contributed by atoms with Crippen molar-refractivity contribution < 1.29 is 0 Å². The first-order valence-electron chi connectivity index (χ1n) is 5.84. The van der Waals surface area contributed by atoms with Crippen molar-refractivity contribution in [2.75, 3.05) is 7.05 Å². The monoisotopic (exact) mass is 229 g/mol. The van der Waals surface area contributed by atoms with Crippen LogP contribution in [0, 0.1) is 13.8 Å². The van der Waals surface area contributed by atoms with E-state index in [2.05, 4.69) is 48.7 Å². The van der Waals surface area contributed by atoms with Gasteiger partial charge in [0.1, 0.15) is 0 Å². The highest BCUT2D eigenvalue weighted by Gasteiger charge is 2.14. The Morgan fingerprint density at radius 2 is 1.76 bits per heavy atom. The SMILES string of the molecule is CNC(c1cc(C)cc(C)c1)c1cnn(C)c1. The second-order valence-electron chi connectivity index (χ2n) is 4.59. The molecule has 0 spiro atoms. The van der Waals surface area contributed by atoms with E-state index in [1.165, 1.54) is 22.3 Å². The van der Waals surface area contributed by atoms with E-state index in [-0.39, 0.29) is 6.04 Å². The summed E-state index contributed by atoms with van der Waals surface area (Å²) in [5.41, 5.74) is 5.08. The molecule has 0 saturated heterocycles. The van der Waals surface area contributed by atoms with E-state index in [4.69, 9.17) is 0 Å². The van der Waals surface area contributed by atoms with Crippen molar-refractivity contribution in [2.24, 2.45) is 7.05 Å². The zero-order valence-electron chi connectivity index (χ0n) is 10.9. The van der Waals surface area contributed by atoms with Crippen LogP contribution in [0.2, 0.25) is 0 Å². The van der Waals surface area contributed by atoms with Gasteiger partial charge >= 0.3 is 0 Å². The molecular formula is C14H19N3. The lowest BCUT2D eigenvalue weighted by Crippen LogP contribution is -2.17. The second kappa shape index (κ2) is 4.72. The van der Waals surface area contributed by atoms with E-state index in [9.17, 15) is 0 Å². The first-order valence-corrected chi connectivity index (χ1v) is 5.84. The van der Waals surface area contributed by atoms with E-state index in [1.807, 2.05) is 25.0 Å². The number of hydrogen-bond donors (Lipinski definition) is 1. The molecule has 0 aliphatic carbocycles. The van der Waals surface area contributed by atoms with E-state index >= 15 is 0 Å². The summed E-state index contributed by atoms with van der Waals surface area (Å²) in [5, 5.41) is 7.58. The van der Waals surface area contributed by atoms with Crippen LogP contribution in [0.3, 0.4) is 0 Å². The Morgan fingerprint density at radius 1 is 1.12 bits per heavy atom. The molecule has 0 saturated carbocycles. The molecule has 3 heteroatoms. The standard InChI is InChI=1S/C14H19N3/c1-10-5-11(2)7-12(6-10)14(15-3)13-8-16-17(4)9-13/h5-9,14-15H,1-4H3. The maximum Gasteiger partial charge on any atom is 0.0605 e. The summed E-state index contributed by atoms with van der Waals surface area (Å²) >= 11 is 0. The molecule has 1 aromatic heterocycles. The maximum atomic E-state index is 4.23. The van der Waals surface area contributed by atoms with E-state index in [0.29, 0.717) is 0 Å². The number of aromatic nitrogens is 2. The van der Waals surface area contributed by atoms with Crippen LogP contribution in [0.25, 0.3) is 0 Å². The average molecular weight is 229 g/mol. The molecule has 2 aromatic rings. The molecule has 1 aromatic carbocycles. The third-order valence-electron chi connectivity index (χ3n) is 2.92. The lowest BCUT2D eigenvalue weighted by atomic mass is 9.98. The van der Waals surface area contributed by atoms with Gasteiger partial charge in [0, 0.05) is 18.8 Å². The quantitative estimate of drug-likeness (QED) is 0.875. The van der Waals surface area contributed by atoms with Crippen molar-refractivity contribution in [3.63, 3.8) is 0 Å². The molecule has 1 N–H and O–H groups in total. The van der Waals surface area contributed by atoms with Crippen molar-refractivity contribution in [3.8, 4) is 0 Å². The highest BCUT2D eigenvalue weighted by Crippen LogP contribution is 2.23. The van der Waals surface area contributed by atoms with Crippen LogP contribution in [0.5, 0.6) is 0 Å². The third-order valence-corrected chi connectivity index (χ3v) is 2.92. The summed E-state index contributed by atoms with van der Waals surface area (Å²) in [7, 11) is 3.92. The fourth-order valence-electron chi connectivity index (χ4n) is 2.29. The number of hydrogen-bond acceptors (Lipinski definition) is 2. The number of benzene rings is 1. The zero-order valence-corrected chi connectivity index (χ0v) is 10.9. The predicted octanol–water partition coefficient (Wildman–Crippen LogP) is 2.35. The molecule has 0 aliphatic heterocycles. The van der Waals surface area contributed by atoms with Gasteiger partial charge in [-0.15, -0.1) is 0 Å². The Kier molecular flexibility index (Phi) is 3.29. The van der Waals surface area contributed by atoms with E-state index < -0.39 is 0 Å². The Hall–Kier alpha value is -1.61. The van der Waals surface area contributed by atoms with E-state index in [0.717, 1.165) is 0 Å². The van der Waals surface area contributed by atoms with Crippen LogP contribution in [0.1, 0.15) is 28.3 Å². The molecule has 0 radical (unpaired) electrons. The van der Waals surface area contributed by atoms with Crippen LogP contribution in [-0.2, 0) is 7.05 Å².